The molecular formula is C14H16N4O2. The SMILES string of the molecule is CCc1cc(Cn2c(=O)oc3cc(N)ccc32)n(C)n1. The summed E-state index contributed by atoms with van der Waals surface area (Å²) in [5.41, 5.74) is 9.49. The molecule has 6 heteroatoms. The lowest BCUT2D eigenvalue weighted by Crippen LogP contribution is -2.16. The predicted molar refractivity (Wildman–Crippen MR) is 76.6 cm³/mol. The van der Waals surface area contributed by atoms with Crippen molar-refractivity contribution in [2.24, 2.45) is 7.05 Å². The molecule has 6 nitrogen and oxygen atoms in total. The van der Waals surface area contributed by atoms with E-state index in [1.54, 1.807) is 27.4 Å². The number of hydrogen-bond acceptors (Lipinski definition) is 4. The zero-order valence-electron chi connectivity index (χ0n) is 11.5. The van der Waals surface area contributed by atoms with Gasteiger partial charge in [-0.15, -0.1) is 0 Å². The van der Waals surface area contributed by atoms with Gasteiger partial charge in [-0.1, -0.05) is 6.92 Å². The summed E-state index contributed by atoms with van der Waals surface area (Å²) in [4.78, 5) is 12.0. The van der Waals surface area contributed by atoms with Crippen LogP contribution in [0.3, 0.4) is 0 Å². The Morgan fingerprint density at radius 3 is 2.85 bits per heavy atom. The number of nitrogens with zero attached hydrogens (tertiary/aromatic N) is 3. The molecule has 0 bridgehead atoms. The smallest absolute Gasteiger partial charge is 0.408 e. The van der Waals surface area contributed by atoms with Crippen LogP contribution in [0.1, 0.15) is 18.3 Å². The molecule has 3 aromatic rings. The van der Waals surface area contributed by atoms with E-state index in [-0.39, 0.29) is 5.76 Å². The molecule has 0 aliphatic carbocycles. The lowest BCUT2D eigenvalue weighted by molar-refractivity contribution is 0.511. The van der Waals surface area contributed by atoms with Crippen LogP contribution in [-0.2, 0) is 20.0 Å². The van der Waals surface area contributed by atoms with Gasteiger partial charge < -0.3 is 10.2 Å². The predicted octanol–water partition coefficient (Wildman–Crippen LogP) is 1.52. The molecule has 0 amide bonds. The number of hydrogen-bond donors (Lipinski definition) is 1. The minimum Gasteiger partial charge on any atom is -0.408 e. The number of anilines is 1. The number of rotatable bonds is 3. The number of aryl methyl sites for hydroxylation is 2. The van der Waals surface area contributed by atoms with Gasteiger partial charge in [0.05, 0.1) is 23.4 Å². The summed E-state index contributed by atoms with van der Waals surface area (Å²) in [6, 6.07) is 7.22. The molecule has 0 saturated heterocycles. The highest BCUT2D eigenvalue weighted by Gasteiger charge is 2.12. The van der Waals surface area contributed by atoms with Crippen molar-refractivity contribution < 1.29 is 4.42 Å². The van der Waals surface area contributed by atoms with Crippen molar-refractivity contribution in [3.8, 4) is 0 Å². The van der Waals surface area contributed by atoms with Gasteiger partial charge >= 0.3 is 5.76 Å². The van der Waals surface area contributed by atoms with Gasteiger partial charge in [0.1, 0.15) is 0 Å². The van der Waals surface area contributed by atoms with Crippen LogP contribution < -0.4 is 11.5 Å². The summed E-state index contributed by atoms with van der Waals surface area (Å²) in [7, 11) is 1.87. The molecule has 20 heavy (non-hydrogen) atoms. The van der Waals surface area contributed by atoms with Crippen molar-refractivity contribution in [1.82, 2.24) is 14.3 Å². The molecule has 0 atom stereocenters. The first-order chi connectivity index (χ1) is 9.58. The van der Waals surface area contributed by atoms with Crippen molar-refractivity contribution >= 4 is 16.8 Å². The van der Waals surface area contributed by atoms with Gasteiger partial charge in [0.2, 0.25) is 0 Å². The number of aromatic nitrogens is 3. The maximum absolute atomic E-state index is 12.0. The van der Waals surface area contributed by atoms with Crippen LogP contribution in [0.2, 0.25) is 0 Å². The molecule has 2 aromatic heterocycles. The molecular weight excluding hydrogens is 256 g/mol. The van der Waals surface area contributed by atoms with Crippen LogP contribution in [-0.4, -0.2) is 14.3 Å². The van der Waals surface area contributed by atoms with E-state index in [1.165, 1.54) is 0 Å². The van der Waals surface area contributed by atoms with Crippen molar-refractivity contribution in [2.75, 3.05) is 5.73 Å². The fraction of sp³-hybridized carbons (Fsp3) is 0.286. The highest BCUT2D eigenvalue weighted by molar-refractivity contribution is 5.76. The zero-order valence-corrected chi connectivity index (χ0v) is 11.5. The molecule has 0 fully saturated rings. The standard InChI is InChI=1S/C14H16N4O2/c1-3-10-7-11(17(2)16-10)8-18-12-5-4-9(15)6-13(12)20-14(18)19/h4-7H,3,8,15H2,1-2H3. The van der Waals surface area contributed by atoms with Crippen molar-refractivity contribution in [1.29, 1.82) is 0 Å². The van der Waals surface area contributed by atoms with Crippen LogP contribution in [0.4, 0.5) is 5.69 Å². The fourth-order valence-electron chi connectivity index (χ4n) is 2.29. The number of nitrogen functional groups attached to an aromatic ring is 1. The lowest BCUT2D eigenvalue weighted by Gasteiger charge is -2.02. The van der Waals surface area contributed by atoms with E-state index >= 15 is 0 Å². The van der Waals surface area contributed by atoms with Gasteiger partial charge in [0, 0.05) is 18.8 Å². The first-order valence-corrected chi connectivity index (χ1v) is 6.49. The Hall–Kier alpha value is -2.50. The molecule has 2 heterocycles. The van der Waals surface area contributed by atoms with Crippen LogP contribution >= 0.6 is 0 Å². The summed E-state index contributed by atoms with van der Waals surface area (Å²) < 4.78 is 8.60. The van der Waals surface area contributed by atoms with Crippen molar-refractivity contribution in [3.63, 3.8) is 0 Å². The minimum atomic E-state index is -0.384. The van der Waals surface area contributed by atoms with E-state index in [4.69, 9.17) is 10.2 Å². The summed E-state index contributed by atoms with van der Waals surface area (Å²) in [5.74, 6) is -0.384. The van der Waals surface area contributed by atoms with Crippen LogP contribution in [0.5, 0.6) is 0 Å². The lowest BCUT2D eigenvalue weighted by atomic mass is 10.2. The minimum absolute atomic E-state index is 0.384. The largest absolute Gasteiger partial charge is 0.420 e. The Bertz CT molecular complexity index is 825. The summed E-state index contributed by atoms with van der Waals surface area (Å²) in [6.07, 6.45) is 0.866. The molecule has 2 N–H and O–H groups in total. The van der Waals surface area contributed by atoms with E-state index in [0.29, 0.717) is 17.8 Å². The molecule has 0 unspecified atom stereocenters. The van der Waals surface area contributed by atoms with E-state index in [0.717, 1.165) is 23.3 Å². The van der Waals surface area contributed by atoms with E-state index in [1.807, 2.05) is 20.0 Å². The number of oxazole rings is 1. The van der Waals surface area contributed by atoms with Gasteiger partial charge in [0.15, 0.2) is 5.58 Å². The van der Waals surface area contributed by atoms with Crippen molar-refractivity contribution in [2.45, 2.75) is 19.9 Å². The normalized spacial score (nSPS) is 11.3. The monoisotopic (exact) mass is 272 g/mol. The molecule has 0 saturated carbocycles. The van der Waals surface area contributed by atoms with E-state index < -0.39 is 0 Å². The third-order valence-electron chi connectivity index (χ3n) is 3.40. The topological polar surface area (TPSA) is 79.0 Å². The highest BCUT2D eigenvalue weighted by atomic mass is 16.4. The second-order valence-electron chi connectivity index (χ2n) is 4.79. The second-order valence-corrected chi connectivity index (χ2v) is 4.79. The van der Waals surface area contributed by atoms with E-state index in [2.05, 4.69) is 5.10 Å². The summed E-state index contributed by atoms with van der Waals surface area (Å²) in [5, 5.41) is 4.38. The Labute approximate surface area is 115 Å². The third-order valence-corrected chi connectivity index (χ3v) is 3.40. The molecule has 1 aromatic carbocycles. The Morgan fingerprint density at radius 2 is 2.15 bits per heavy atom. The number of nitrogens with two attached hydrogens (primary N) is 1. The average Bonchev–Trinajstić information content (AvgIpc) is 2.91. The number of benzene rings is 1. The van der Waals surface area contributed by atoms with Gasteiger partial charge in [-0.05, 0) is 24.6 Å². The quantitative estimate of drug-likeness (QED) is 0.733. The zero-order chi connectivity index (χ0) is 14.3. The van der Waals surface area contributed by atoms with Gasteiger partial charge in [-0.3, -0.25) is 9.25 Å². The average molecular weight is 272 g/mol. The Balaban J connectivity index is 2.08. The third kappa shape index (κ3) is 1.99. The van der Waals surface area contributed by atoms with Crippen LogP contribution in [0, 0.1) is 0 Å². The molecule has 0 spiro atoms. The molecule has 0 aliphatic rings. The van der Waals surface area contributed by atoms with E-state index in [9.17, 15) is 4.79 Å². The van der Waals surface area contributed by atoms with Gasteiger partial charge in [-0.2, -0.15) is 5.10 Å². The summed E-state index contributed by atoms with van der Waals surface area (Å²) >= 11 is 0. The maximum atomic E-state index is 12.0. The number of fused-ring (bicyclic) bond motifs is 1. The van der Waals surface area contributed by atoms with Crippen molar-refractivity contribution in [3.05, 3.63) is 46.2 Å². The van der Waals surface area contributed by atoms with Gasteiger partial charge in [-0.25, -0.2) is 4.79 Å². The molecule has 0 aliphatic heterocycles. The highest BCUT2D eigenvalue weighted by Crippen LogP contribution is 2.17. The fourth-order valence-corrected chi connectivity index (χ4v) is 2.29. The first kappa shape index (κ1) is 12.5. The maximum Gasteiger partial charge on any atom is 0.420 e. The van der Waals surface area contributed by atoms with Crippen LogP contribution in [0.15, 0.2) is 33.5 Å². The second kappa shape index (κ2) is 4.56. The summed E-state index contributed by atoms with van der Waals surface area (Å²) in [6.45, 7) is 2.48. The molecule has 104 valence electrons. The Morgan fingerprint density at radius 1 is 1.35 bits per heavy atom. The van der Waals surface area contributed by atoms with Gasteiger partial charge in [0.25, 0.3) is 0 Å². The van der Waals surface area contributed by atoms with Crippen LogP contribution in [0.25, 0.3) is 11.1 Å². The molecule has 0 radical (unpaired) electrons. The Kier molecular flexibility index (Phi) is 2.85. The first-order valence-electron chi connectivity index (χ1n) is 6.49. The molecule has 3 rings (SSSR count).